The Hall–Kier alpha value is -1.29. The number of carbonyl (C=O) groups is 1. The first kappa shape index (κ1) is 12.8. The molecule has 0 aliphatic carbocycles. The lowest BCUT2D eigenvalue weighted by atomic mass is 10.1. The molecule has 1 atom stereocenters. The number of furan rings is 1. The topological polar surface area (TPSA) is 54.3 Å². The lowest BCUT2D eigenvalue weighted by Gasteiger charge is -2.17. The molecule has 0 bridgehead atoms. The van der Waals surface area contributed by atoms with Gasteiger partial charge in [-0.3, -0.25) is 4.79 Å². The third-order valence-corrected chi connectivity index (χ3v) is 2.55. The van der Waals surface area contributed by atoms with Gasteiger partial charge in [0, 0.05) is 6.04 Å². The van der Waals surface area contributed by atoms with Crippen LogP contribution in [0.2, 0.25) is 0 Å². The molecule has 0 aromatic carbocycles. The quantitative estimate of drug-likeness (QED) is 0.770. The molecular weight excluding hydrogens is 204 g/mol. The second-order valence-corrected chi connectivity index (χ2v) is 4.28. The van der Waals surface area contributed by atoms with E-state index in [1.165, 1.54) is 0 Å². The predicted molar refractivity (Wildman–Crippen MR) is 62.9 cm³/mol. The molecule has 16 heavy (non-hydrogen) atoms. The molecule has 1 amide bonds. The van der Waals surface area contributed by atoms with Crippen molar-refractivity contribution in [1.29, 1.82) is 0 Å². The first-order valence-electron chi connectivity index (χ1n) is 5.62. The third kappa shape index (κ3) is 4.49. The van der Waals surface area contributed by atoms with E-state index in [0.29, 0.717) is 19.0 Å². The Balaban J connectivity index is 2.15. The highest BCUT2D eigenvalue weighted by molar-refractivity contribution is 5.78. The zero-order chi connectivity index (χ0) is 12.0. The zero-order valence-corrected chi connectivity index (χ0v) is 10.1. The fourth-order valence-corrected chi connectivity index (χ4v) is 1.18. The number of amides is 1. The Morgan fingerprint density at radius 1 is 1.44 bits per heavy atom. The van der Waals surface area contributed by atoms with E-state index in [1.54, 1.807) is 6.26 Å². The Morgan fingerprint density at radius 2 is 2.19 bits per heavy atom. The van der Waals surface area contributed by atoms with Crippen LogP contribution in [0.15, 0.2) is 22.8 Å². The lowest BCUT2D eigenvalue weighted by Crippen LogP contribution is -2.41. The molecule has 0 spiro atoms. The van der Waals surface area contributed by atoms with Crippen LogP contribution in [0.25, 0.3) is 0 Å². The van der Waals surface area contributed by atoms with Gasteiger partial charge in [0.05, 0.1) is 19.4 Å². The maximum atomic E-state index is 11.5. The molecule has 4 heteroatoms. The van der Waals surface area contributed by atoms with Crippen molar-refractivity contribution >= 4 is 5.91 Å². The molecule has 0 saturated heterocycles. The summed E-state index contributed by atoms with van der Waals surface area (Å²) in [6.45, 7) is 7.08. The Kier molecular flexibility index (Phi) is 5.05. The van der Waals surface area contributed by atoms with Crippen molar-refractivity contribution in [3.05, 3.63) is 24.2 Å². The second kappa shape index (κ2) is 6.33. The van der Waals surface area contributed by atoms with Crippen LogP contribution in [-0.4, -0.2) is 18.5 Å². The van der Waals surface area contributed by atoms with E-state index in [4.69, 9.17) is 4.42 Å². The smallest absolute Gasteiger partial charge is 0.234 e. The van der Waals surface area contributed by atoms with Crippen LogP contribution in [0.1, 0.15) is 26.5 Å². The van der Waals surface area contributed by atoms with E-state index >= 15 is 0 Å². The van der Waals surface area contributed by atoms with Gasteiger partial charge in [-0.05, 0) is 25.0 Å². The number of rotatable bonds is 6. The lowest BCUT2D eigenvalue weighted by molar-refractivity contribution is -0.121. The third-order valence-electron chi connectivity index (χ3n) is 2.55. The fourth-order valence-electron chi connectivity index (χ4n) is 1.18. The number of hydrogen-bond acceptors (Lipinski definition) is 3. The summed E-state index contributed by atoms with van der Waals surface area (Å²) in [5.41, 5.74) is 0. The van der Waals surface area contributed by atoms with E-state index in [0.717, 1.165) is 5.76 Å². The number of nitrogens with one attached hydrogen (secondary N) is 2. The van der Waals surface area contributed by atoms with Gasteiger partial charge >= 0.3 is 0 Å². The first-order chi connectivity index (χ1) is 7.59. The van der Waals surface area contributed by atoms with Crippen LogP contribution in [0.4, 0.5) is 0 Å². The van der Waals surface area contributed by atoms with Crippen molar-refractivity contribution in [1.82, 2.24) is 10.6 Å². The van der Waals surface area contributed by atoms with Crippen molar-refractivity contribution < 1.29 is 9.21 Å². The molecule has 0 radical (unpaired) electrons. The molecule has 1 heterocycles. The van der Waals surface area contributed by atoms with Gasteiger partial charge < -0.3 is 15.1 Å². The van der Waals surface area contributed by atoms with Crippen LogP contribution < -0.4 is 10.6 Å². The predicted octanol–water partition coefficient (Wildman–Crippen LogP) is 1.53. The molecule has 4 nitrogen and oxygen atoms in total. The van der Waals surface area contributed by atoms with Crippen molar-refractivity contribution in [3.63, 3.8) is 0 Å². The van der Waals surface area contributed by atoms with Crippen LogP contribution in [-0.2, 0) is 11.3 Å². The monoisotopic (exact) mass is 224 g/mol. The summed E-state index contributed by atoms with van der Waals surface area (Å²) in [7, 11) is 0. The van der Waals surface area contributed by atoms with Gasteiger partial charge in [0.1, 0.15) is 5.76 Å². The highest BCUT2D eigenvalue weighted by Gasteiger charge is 2.10. The fraction of sp³-hybridized carbons (Fsp3) is 0.583. The van der Waals surface area contributed by atoms with Gasteiger partial charge in [0.2, 0.25) is 5.91 Å². The molecule has 1 unspecified atom stereocenters. The minimum absolute atomic E-state index is 0.0211. The highest BCUT2D eigenvalue weighted by atomic mass is 16.3. The van der Waals surface area contributed by atoms with Crippen molar-refractivity contribution in [2.45, 2.75) is 33.4 Å². The summed E-state index contributed by atoms with van der Waals surface area (Å²) in [4.78, 5) is 11.5. The van der Waals surface area contributed by atoms with E-state index in [9.17, 15) is 4.79 Å². The van der Waals surface area contributed by atoms with E-state index in [1.807, 2.05) is 19.1 Å². The molecule has 0 saturated carbocycles. The summed E-state index contributed by atoms with van der Waals surface area (Å²) in [6.07, 6.45) is 1.62. The Bertz CT molecular complexity index is 307. The second-order valence-electron chi connectivity index (χ2n) is 4.28. The average molecular weight is 224 g/mol. The summed E-state index contributed by atoms with van der Waals surface area (Å²) >= 11 is 0. The first-order valence-corrected chi connectivity index (χ1v) is 5.62. The molecule has 0 fully saturated rings. The van der Waals surface area contributed by atoms with Crippen molar-refractivity contribution in [2.75, 3.05) is 6.54 Å². The van der Waals surface area contributed by atoms with Crippen LogP contribution in [0.5, 0.6) is 0 Å². The van der Waals surface area contributed by atoms with Gasteiger partial charge in [-0.1, -0.05) is 13.8 Å². The molecule has 0 aliphatic rings. The van der Waals surface area contributed by atoms with E-state index in [2.05, 4.69) is 24.5 Å². The Labute approximate surface area is 96.4 Å². The van der Waals surface area contributed by atoms with Gasteiger partial charge in [-0.15, -0.1) is 0 Å². The molecule has 1 aromatic heterocycles. The molecule has 0 aliphatic heterocycles. The van der Waals surface area contributed by atoms with Gasteiger partial charge in [0.15, 0.2) is 0 Å². The minimum Gasteiger partial charge on any atom is -0.468 e. The molecule has 1 rings (SSSR count). The maximum Gasteiger partial charge on any atom is 0.234 e. The average Bonchev–Trinajstić information content (AvgIpc) is 2.70. The van der Waals surface area contributed by atoms with Gasteiger partial charge in [-0.2, -0.15) is 0 Å². The van der Waals surface area contributed by atoms with Crippen LogP contribution in [0.3, 0.4) is 0 Å². The standard InChI is InChI=1S/C12H20N2O2/c1-9(2)10(3)14-12(15)8-13-7-11-5-4-6-16-11/h4-6,9-10,13H,7-8H2,1-3H3,(H,14,15). The minimum atomic E-state index is 0.0211. The van der Waals surface area contributed by atoms with Crippen LogP contribution in [0, 0.1) is 5.92 Å². The molecule has 1 aromatic rings. The van der Waals surface area contributed by atoms with E-state index < -0.39 is 0 Å². The van der Waals surface area contributed by atoms with Gasteiger partial charge in [0.25, 0.3) is 0 Å². The number of hydrogen-bond donors (Lipinski definition) is 2. The van der Waals surface area contributed by atoms with Crippen molar-refractivity contribution in [2.24, 2.45) is 5.92 Å². The van der Waals surface area contributed by atoms with Crippen LogP contribution >= 0.6 is 0 Å². The normalized spacial score (nSPS) is 12.8. The molecule has 2 N–H and O–H groups in total. The SMILES string of the molecule is CC(C)C(C)NC(=O)CNCc1ccco1. The maximum absolute atomic E-state index is 11.5. The molecular formula is C12H20N2O2. The summed E-state index contributed by atoms with van der Waals surface area (Å²) in [5.74, 6) is 1.31. The zero-order valence-electron chi connectivity index (χ0n) is 10.1. The molecule has 90 valence electrons. The summed E-state index contributed by atoms with van der Waals surface area (Å²) in [6, 6.07) is 3.91. The van der Waals surface area contributed by atoms with Gasteiger partial charge in [-0.25, -0.2) is 0 Å². The Morgan fingerprint density at radius 3 is 2.75 bits per heavy atom. The summed E-state index contributed by atoms with van der Waals surface area (Å²) < 4.78 is 5.14. The van der Waals surface area contributed by atoms with E-state index in [-0.39, 0.29) is 11.9 Å². The van der Waals surface area contributed by atoms with Crippen molar-refractivity contribution in [3.8, 4) is 0 Å². The largest absolute Gasteiger partial charge is 0.468 e. The summed E-state index contributed by atoms with van der Waals surface area (Å²) in [5, 5.41) is 5.95. The highest BCUT2D eigenvalue weighted by Crippen LogP contribution is 1.99. The number of carbonyl (C=O) groups excluding carboxylic acids is 1.